The Labute approximate surface area is 161 Å². The van der Waals surface area contributed by atoms with Gasteiger partial charge in [-0.2, -0.15) is 0 Å². The molecule has 0 unspecified atom stereocenters. The Morgan fingerprint density at radius 3 is 2.12 bits per heavy atom. The fourth-order valence-electron chi connectivity index (χ4n) is 2.65. The first-order chi connectivity index (χ1) is 11.9. The number of halogens is 1. The lowest BCUT2D eigenvalue weighted by Crippen LogP contribution is -2.19. The van der Waals surface area contributed by atoms with Gasteiger partial charge < -0.3 is 9.47 Å². The van der Waals surface area contributed by atoms with Crippen LogP contribution < -0.4 is 9.47 Å². The summed E-state index contributed by atoms with van der Waals surface area (Å²) in [5, 5.41) is 0.491. The molecule has 2 aromatic rings. The summed E-state index contributed by atoms with van der Waals surface area (Å²) in [6.45, 7) is 12.7. The van der Waals surface area contributed by atoms with Crippen LogP contribution in [0.4, 0.5) is 0 Å². The minimum atomic E-state index is -0.461. The van der Waals surface area contributed by atoms with Crippen molar-refractivity contribution in [2.24, 2.45) is 0 Å². The zero-order valence-electron chi connectivity index (χ0n) is 16.6. The maximum absolute atomic E-state index is 12.6. The Morgan fingerprint density at radius 2 is 1.62 bits per heavy atom. The molecule has 0 aromatic heterocycles. The first-order valence-electron chi connectivity index (χ1n) is 8.64. The maximum atomic E-state index is 12.6. The van der Waals surface area contributed by atoms with Crippen molar-refractivity contribution < 1.29 is 14.3 Å². The fourth-order valence-corrected chi connectivity index (χ4v) is 2.84. The van der Waals surface area contributed by atoms with Crippen molar-refractivity contribution in [2.45, 2.75) is 52.4 Å². The lowest BCUT2D eigenvalue weighted by molar-refractivity contribution is 0.0729. The Kier molecular flexibility index (Phi) is 5.72. The summed E-state index contributed by atoms with van der Waals surface area (Å²) in [6.07, 6.45) is 0. The summed E-state index contributed by atoms with van der Waals surface area (Å²) < 4.78 is 11.4. The van der Waals surface area contributed by atoms with E-state index in [2.05, 4.69) is 47.6 Å². The van der Waals surface area contributed by atoms with E-state index < -0.39 is 5.97 Å². The molecule has 0 atom stereocenters. The minimum Gasteiger partial charge on any atom is -0.493 e. The molecule has 0 aliphatic heterocycles. The van der Waals surface area contributed by atoms with Gasteiger partial charge in [0.15, 0.2) is 11.5 Å². The third-order valence-corrected chi connectivity index (χ3v) is 4.43. The number of hydrogen-bond acceptors (Lipinski definition) is 3. The van der Waals surface area contributed by atoms with Gasteiger partial charge in [-0.1, -0.05) is 65.3 Å². The fraction of sp³-hybridized carbons (Fsp3) is 0.409. The number of rotatable bonds is 3. The van der Waals surface area contributed by atoms with Crippen molar-refractivity contribution >= 4 is 17.6 Å². The highest BCUT2D eigenvalue weighted by Crippen LogP contribution is 2.42. The zero-order valence-corrected chi connectivity index (χ0v) is 17.3. The molecule has 0 aliphatic carbocycles. The molecule has 4 heteroatoms. The van der Waals surface area contributed by atoms with Crippen molar-refractivity contribution in [3.05, 3.63) is 58.1 Å². The largest absolute Gasteiger partial charge is 0.493 e. The average Bonchev–Trinajstić information content (AvgIpc) is 2.52. The molecule has 3 nitrogen and oxygen atoms in total. The van der Waals surface area contributed by atoms with Gasteiger partial charge in [0.05, 0.1) is 12.7 Å². The van der Waals surface area contributed by atoms with Crippen molar-refractivity contribution in [1.29, 1.82) is 0 Å². The van der Waals surface area contributed by atoms with Crippen molar-refractivity contribution in [1.82, 2.24) is 0 Å². The molecule has 2 aromatic carbocycles. The van der Waals surface area contributed by atoms with E-state index in [1.807, 2.05) is 6.07 Å². The molecule has 0 radical (unpaired) electrons. The number of esters is 1. The smallest absolute Gasteiger partial charge is 0.343 e. The maximum Gasteiger partial charge on any atom is 0.343 e. The molecule has 2 rings (SSSR count). The molecule has 26 heavy (non-hydrogen) atoms. The van der Waals surface area contributed by atoms with Crippen molar-refractivity contribution in [2.75, 3.05) is 7.11 Å². The van der Waals surface area contributed by atoms with Crippen LogP contribution in [0.2, 0.25) is 5.02 Å². The number of methoxy groups -OCH3 is 1. The Balaban J connectivity index is 2.57. The molecule has 140 valence electrons. The SMILES string of the molecule is COc1c(OC(=O)c2cccc(Cl)c2)cc(C(C)(C)C)cc1C(C)(C)C. The summed E-state index contributed by atoms with van der Waals surface area (Å²) >= 11 is 5.99. The highest BCUT2D eigenvalue weighted by molar-refractivity contribution is 6.30. The molecule has 0 saturated carbocycles. The summed E-state index contributed by atoms with van der Waals surface area (Å²) in [5.74, 6) is 0.549. The molecule has 0 heterocycles. The van der Waals surface area contributed by atoms with Crippen LogP contribution >= 0.6 is 11.6 Å². The van der Waals surface area contributed by atoms with Crippen molar-refractivity contribution in [3.8, 4) is 11.5 Å². The number of ether oxygens (including phenoxy) is 2. The zero-order chi connectivity index (χ0) is 19.7. The van der Waals surface area contributed by atoms with Crippen LogP contribution in [-0.4, -0.2) is 13.1 Å². The second-order valence-corrected chi connectivity index (χ2v) is 8.89. The predicted octanol–water partition coefficient (Wildman–Crippen LogP) is 6.16. The van der Waals surface area contributed by atoms with E-state index >= 15 is 0 Å². The molecule has 0 bridgehead atoms. The Morgan fingerprint density at radius 1 is 0.962 bits per heavy atom. The third-order valence-electron chi connectivity index (χ3n) is 4.20. The van der Waals surface area contributed by atoms with Gasteiger partial charge >= 0.3 is 5.97 Å². The van der Waals surface area contributed by atoms with Gasteiger partial charge in [0.2, 0.25) is 0 Å². The molecule has 0 saturated heterocycles. The van der Waals surface area contributed by atoms with E-state index in [0.29, 0.717) is 22.1 Å². The lowest BCUT2D eigenvalue weighted by Gasteiger charge is -2.28. The Bertz CT molecular complexity index is 811. The standard InChI is InChI=1S/C22H27ClO3/c1-21(2,3)15-12-17(22(4,5)6)19(25-7)18(13-15)26-20(24)14-9-8-10-16(23)11-14/h8-13H,1-7H3. The van der Waals surface area contributed by atoms with Crippen LogP contribution in [0.5, 0.6) is 11.5 Å². The predicted molar refractivity (Wildman–Crippen MR) is 107 cm³/mol. The van der Waals surface area contributed by atoms with Crippen LogP contribution in [0.25, 0.3) is 0 Å². The first kappa shape index (κ1) is 20.3. The van der Waals surface area contributed by atoms with Gasteiger partial charge in [-0.15, -0.1) is 0 Å². The summed E-state index contributed by atoms with van der Waals surface area (Å²) in [7, 11) is 1.60. The van der Waals surface area contributed by atoms with Crippen molar-refractivity contribution in [3.63, 3.8) is 0 Å². The van der Waals surface area contributed by atoms with Gasteiger partial charge in [-0.05, 0) is 40.7 Å². The molecule has 0 amide bonds. The summed E-state index contributed by atoms with van der Waals surface area (Å²) in [5.41, 5.74) is 2.23. The van der Waals surface area contributed by atoms with Gasteiger partial charge in [0.1, 0.15) is 0 Å². The highest BCUT2D eigenvalue weighted by atomic mass is 35.5. The minimum absolute atomic E-state index is 0.0938. The van der Waals surface area contributed by atoms with Crippen LogP contribution in [0.3, 0.4) is 0 Å². The van der Waals surface area contributed by atoms with E-state index in [0.717, 1.165) is 11.1 Å². The first-order valence-corrected chi connectivity index (χ1v) is 9.02. The van der Waals surface area contributed by atoms with Crippen LogP contribution in [-0.2, 0) is 10.8 Å². The number of hydrogen-bond donors (Lipinski definition) is 0. The summed E-state index contributed by atoms with van der Waals surface area (Å²) in [4.78, 5) is 12.6. The van der Waals surface area contributed by atoms with E-state index in [4.69, 9.17) is 21.1 Å². The van der Waals surface area contributed by atoms with Crippen LogP contribution in [0, 0.1) is 0 Å². The second kappa shape index (κ2) is 7.32. The number of carbonyl (C=O) groups is 1. The van der Waals surface area contributed by atoms with E-state index in [1.165, 1.54) is 0 Å². The quantitative estimate of drug-likeness (QED) is 0.476. The second-order valence-electron chi connectivity index (χ2n) is 8.46. The number of carbonyl (C=O) groups excluding carboxylic acids is 1. The van der Waals surface area contributed by atoms with E-state index in [9.17, 15) is 4.79 Å². The monoisotopic (exact) mass is 374 g/mol. The number of benzene rings is 2. The molecule has 0 fully saturated rings. The van der Waals surface area contributed by atoms with Crippen LogP contribution in [0.15, 0.2) is 36.4 Å². The van der Waals surface area contributed by atoms with E-state index in [-0.39, 0.29) is 10.8 Å². The molecular formula is C22H27ClO3. The normalized spacial score (nSPS) is 12.0. The van der Waals surface area contributed by atoms with Gasteiger partial charge in [-0.3, -0.25) is 0 Å². The van der Waals surface area contributed by atoms with Gasteiger partial charge in [0.25, 0.3) is 0 Å². The molecular weight excluding hydrogens is 348 g/mol. The van der Waals surface area contributed by atoms with Crippen LogP contribution in [0.1, 0.15) is 63.0 Å². The lowest BCUT2D eigenvalue weighted by atomic mass is 9.80. The molecule has 0 aliphatic rings. The van der Waals surface area contributed by atoms with Gasteiger partial charge in [0, 0.05) is 10.6 Å². The average molecular weight is 375 g/mol. The highest BCUT2D eigenvalue weighted by Gasteiger charge is 2.27. The molecule has 0 spiro atoms. The van der Waals surface area contributed by atoms with E-state index in [1.54, 1.807) is 31.4 Å². The summed E-state index contributed by atoms with van der Waals surface area (Å²) in [6, 6.07) is 10.7. The van der Waals surface area contributed by atoms with Gasteiger partial charge in [-0.25, -0.2) is 4.79 Å². The molecule has 0 N–H and O–H groups in total. The third kappa shape index (κ3) is 4.59. The topological polar surface area (TPSA) is 35.5 Å². The Hall–Kier alpha value is -2.00.